The minimum atomic E-state index is -3.39. The third kappa shape index (κ3) is 4.83. The van der Waals surface area contributed by atoms with Gasteiger partial charge in [-0.25, -0.2) is 17.5 Å². The van der Waals surface area contributed by atoms with Crippen LogP contribution in [0.2, 0.25) is 0 Å². The lowest BCUT2D eigenvalue weighted by atomic mass is 9.69. The van der Waals surface area contributed by atoms with Gasteiger partial charge >= 0.3 is 0 Å². The molecule has 0 aromatic heterocycles. The molecule has 0 bridgehead atoms. The summed E-state index contributed by atoms with van der Waals surface area (Å²) < 4.78 is 40.3. The summed E-state index contributed by atoms with van der Waals surface area (Å²) in [7, 11) is -3.39. The number of carbonyl (C=O) groups excluding carboxylic acids is 1. The van der Waals surface area contributed by atoms with Crippen molar-refractivity contribution in [3.05, 3.63) is 59.9 Å². The van der Waals surface area contributed by atoms with Gasteiger partial charge in [-0.3, -0.25) is 4.79 Å². The maximum atomic E-state index is 13.7. The number of sulfonamides is 1. The smallest absolute Gasteiger partial charge is 0.228 e. The summed E-state index contributed by atoms with van der Waals surface area (Å²) in [6, 6.07) is 13.7. The molecule has 2 fully saturated rings. The Kier molecular flexibility index (Phi) is 5.92. The molecule has 1 unspecified atom stereocenters. The van der Waals surface area contributed by atoms with Gasteiger partial charge in [-0.15, -0.1) is 0 Å². The SMILES string of the molecule is CC1(C(=O)N2CCC(NS(C)(=O)=O)[C@@H]2Cc2cccc(-c3cccc(F)c3)c2)CCC1. The summed E-state index contributed by atoms with van der Waals surface area (Å²) in [5.41, 5.74) is 2.34. The molecule has 1 N–H and O–H groups in total. The van der Waals surface area contributed by atoms with Crippen LogP contribution in [0.1, 0.15) is 38.2 Å². The van der Waals surface area contributed by atoms with E-state index in [1.54, 1.807) is 6.07 Å². The summed E-state index contributed by atoms with van der Waals surface area (Å²) in [5.74, 6) is -0.163. The van der Waals surface area contributed by atoms with Crippen LogP contribution in [0.4, 0.5) is 4.39 Å². The summed E-state index contributed by atoms with van der Waals surface area (Å²) in [4.78, 5) is 15.2. The summed E-state index contributed by atoms with van der Waals surface area (Å²) >= 11 is 0. The Bertz CT molecular complexity index is 1080. The number of carbonyl (C=O) groups is 1. The van der Waals surface area contributed by atoms with Gasteiger partial charge in [0.2, 0.25) is 15.9 Å². The molecule has 1 amide bonds. The molecule has 0 radical (unpaired) electrons. The Labute approximate surface area is 183 Å². The van der Waals surface area contributed by atoms with Crippen LogP contribution < -0.4 is 4.72 Å². The van der Waals surface area contributed by atoms with Crippen LogP contribution in [-0.2, 0) is 21.2 Å². The minimum absolute atomic E-state index is 0.128. The van der Waals surface area contributed by atoms with Crippen LogP contribution in [0, 0.1) is 11.2 Å². The van der Waals surface area contributed by atoms with Crippen LogP contribution in [0.5, 0.6) is 0 Å². The zero-order valence-corrected chi connectivity index (χ0v) is 18.8. The van der Waals surface area contributed by atoms with Gasteiger partial charge in [0, 0.05) is 18.0 Å². The van der Waals surface area contributed by atoms with Gasteiger partial charge in [0.15, 0.2) is 0 Å². The Morgan fingerprint density at radius 1 is 1.16 bits per heavy atom. The standard InChI is InChI=1S/C24H29FN2O3S/c1-24(11-5-12-24)23(28)27-13-10-21(26-31(2,29)30)22(27)15-17-6-3-7-18(14-17)19-8-4-9-20(25)16-19/h3-4,6-9,14,16,21-22,26H,5,10-13,15H2,1-2H3/t21?,22-/m0/s1. The van der Waals surface area contributed by atoms with Gasteiger partial charge in [0.25, 0.3) is 0 Å². The first kappa shape index (κ1) is 22.0. The second-order valence-electron chi connectivity index (χ2n) is 9.18. The number of halogens is 1. The van der Waals surface area contributed by atoms with E-state index in [2.05, 4.69) is 4.72 Å². The molecule has 1 heterocycles. The van der Waals surface area contributed by atoms with Gasteiger partial charge in [0.1, 0.15) is 5.82 Å². The third-order valence-electron chi connectivity index (χ3n) is 6.68. The average Bonchev–Trinajstić information content (AvgIpc) is 3.06. The van der Waals surface area contributed by atoms with Crippen LogP contribution >= 0.6 is 0 Å². The Morgan fingerprint density at radius 3 is 2.45 bits per heavy atom. The van der Waals surface area contributed by atoms with E-state index in [-0.39, 0.29) is 29.2 Å². The van der Waals surface area contributed by atoms with Gasteiger partial charge in [-0.2, -0.15) is 0 Å². The van der Waals surface area contributed by atoms with Crippen molar-refractivity contribution in [1.82, 2.24) is 9.62 Å². The van der Waals surface area contributed by atoms with Crippen LogP contribution in [0.15, 0.2) is 48.5 Å². The first-order chi connectivity index (χ1) is 14.6. The van der Waals surface area contributed by atoms with Crippen molar-refractivity contribution >= 4 is 15.9 Å². The highest BCUT2D eigenvalue weighted by Crippen LogP contribution is 2.43. The van der Waals surface area contributed by atoms with Gasteiger partial charge in [-0.05, 0) is 54.5 Å². The fraction of sp³-hybridized carbons (Fsp3) is 0.458. The lowest BCUT2D eigenvalue weighted by Gasteiger charge is -2.42. The maximum absolute atomic E-state index is 13.7. The molecule has 31 heavy (non-hydrogen) atoms. The maximum Gasteiger partial charge on any atom is 0.228 e. The van der Waals surface area contributed by atoms with Gasteiger partial charge in [0.05, 0.1) is 12.3 Å². The van der Waals surface area contributed by atoms with E-state index in [0.717, 1.165) is 42.2 Å². The Balaban J connectivity index is 1.61. The molecule has 166 valence electrons. The fourth-order valence-electron chi connectivity index (χ4n) is 4.83. The number of benzene rings is 2. The van der Waals surface area contributed by atoms with Crippen molar-refractivity contribution in [2.45, 2.75) is 51.1 Å². The van der Waals surface area contributed by atoms with E-state index in [9.17, 15) is 17.6 Å². The highest BCUT2D eigenvalue weighted by atomic mass is 32.2. The predicted molar refractivity (Wildman–Crippen MR) is 119 cm³/mol. The normalized spacial score (nSPS) is 22.9. The lowest BCUT2D eigenvalue weighted by Crippen LogP contribution is -2.52. The summed E-state index contributed by atoms with van der Waals surface area (Å²) in [6.07, 6.45) is 5.12. The van der Waals surface area contributed by atoms with Crippen molar-refractivity contribution in [3.8, 4) is 11.1 Å². The van der Waals surface area contributed by atoms with E-state index in [0.29, 0.717) is 19.4 Å². The number of likely N-dealkylation sites (tertiary alicyclic amines) is 1. The van der Waals surface area contributed by atoms with E-state index in [1.165, 1.54) is 12.1 Å². The molecular weight excluding hydrogens is 415 g/mol. The lowest BCUT2D eigenvalue weighted by molar-refractivity contribution is -0.147. The van der Waals surface area contributed by atoms with Crippen LogP contribution in [0.25, 0.3) is 11.1 Å². The molecular formula is C24H29FN2O3S. The van der Waals surface area contributed by atoms with Crippen molar-refractivity contribution in [2.75, 3.05) is 12.8 Å². The zero-order valence-electron chi connectivity index (χ0n) is 18.0. The second kappa shape index (κ2) is 8.36. The highest BCUT2D eigenvalue weighted by molar-refractivity contribution is 7.88. The number of hydrogen-bond acceptors (Lipinski definition) is 3. The average molecular weight is 445 g/mol. The minimum Gasteiger partial charge on any atom is -0.337 e. The van der Waals surface area contributed by atoms with Crippen LogP contribution in [-0.4, -0.2) is 44.1 Å². The molecule has 4 rings (SSSR count). The number of hydrogen-bond donors (Lipinski definition) is 1. The molecule has 1 aliphatic carbocycles. The number of nitrogens with zero attached hydrogens (tertiary/aromatic N) is 1. The summed E-state index contributed by atoms with van der Waals surface area (Å²) in [6.45, 7) is 2.56. The molecule has 1 aliphatic heterocycles. The molecule has 0 spiro atoms. The van der Waals surface area contributed by atoms with E-state index in [4.69, 9.17) is 0 Å². The zero-order chi connectivity index (χ0) is 22.2. The van der Waals surface area contributed by atoms with Gasteiger partial charge in [-0.1, -0.05) is 49.7 Å². The van der Waals surface area contributed by atoms with E-state index in [1.807, 2.05) is 42.2 Å². The van der Waals surface area contributed by atoms with Crippen molar-refractivity contribution < 1.29 is 17.6 Å². The Hall–Kier alpha value is -2.25. The number of amides is 1. The number of rotatable bonds is 6. The first-order valence-electron chi connectivity index (χ1n) is 10.8. The van der Waals surface area contributed by atoms with Gasteiger partial charge < -0.3 is 4.90 Å². The molecule has 1 saturated carbocycles. The highest BCUT2D eigenvalue weighted by Gasteiger charge is 2.47. The second-order valence-corrected chi connectivity index (χ2v) is 11.0. The molecule has 5 nitrogen and oxygen atoms in total. The van der Waals surface area contributed by atoms with Crippen LogP contribution in [0.3, 0.4) is 0 Å². The molecule has 2 aromatic carbocycles. The molecule has 2 aliphatic rings. The van der Waals surface area contributed by atoms with E-state index >= 15 is 0 Å². The van der Waals surface area contributed by atoms with Crippen molar-refractivity contribution in [3.63, 3.8) is 0 Å². The number of nitrogens with one attached hydrogen (secondary N) is 1. The molecule has 2 aromatic rings. The quantitative estimate of drug-likeness (QED) is 0.738. The Morgan fingerprint density at radius 2 is 1.84 bits per heavy atom. The molecule has 7 heteroatoms. The third-order valence-corrected chi connectivity index (χ3v) is 7.41. The topological polar surface area (TPSA) is 66.5 Å². The first-order valence-corrected chi connectivity index (χ1v) is 12.7. The molecule has 2 atom stereocenters. The summed E-state index contributed by atoms with van der Waals surface area (Å²) in [5, 5.41) is 0. The predicted octanol–water partition coefficient (Wildman–Crippen LogP) is 3.74. The fourth-order valence-corrected chi connectivity index (χ4v) is 5.65. The van der Waals surface area contributed by atoms with Crippen molar-refractivity contribution in [1.29, 1.82) is 0 Å². The van der Waals surface area contributed by atoms with Crippen molar-refractivity contribution in [2.24, 2.45) is 5.41 Å². The molecule has 1 saturated heterocycles. The van der Waals surface area contributed by atoms with E-state index < -0.39 is 10.0 Å². The monoisotopic (exact) mass is 444 g/mol. The largest absolute Gasteiger partial charge is 0.337 e.